The molecule has 1 rings (SSSR count). The summed E-state index contributed by atoms with van der Waals surface area (Å²) in [5.41, 5.74) is 0. The van der Waals surface area contributed by atoms with Gasteiger partial charge in [0.2, 0.25) is 3.78 Å². The molecule has 0 spiro atoms. The van der Waals surface area contributed by atoms with Gasteiger partial charge in [-0.05, 0) is 0 Å². The summed E-state index contributed by atoms with van der Waals surface area (Å²) >= 11 is 8.57. The largest absolute Gasteiger partial charge is 0.370 e. The van der Waals surface area contributed by atoms with Crippen LogP contribution in [0, 0.1) is 0 Å². The van der Waals surface area contributed by atoms with Gasteiger partial charge in [-0.2, -0.15) is 0 Å². The molecule has 2 atom stereocenters. The van der Waals surface area contributed by atoms with Crippen molar-refractivity contribution in [3.05, 3.63) is 0 Å². The van der Waals surface area contributed by atoms with Gasteiger partial charge < -0.3 is 5.11 Å². The van der Waals surface area contributed by atoms with Crippen LogP contribution in [0.15, 0.2) is 0 Å². The van der Waals surface area contributed by atoms with Crippen molar-refractivity contribution in [3.63, 3.8) is 0 Å². The topological polar surface area (TPSA) is 60.9 Å². The Hall–Kier alpha value is -0.330. The van der Waals surface area contributed by atoms with Crippen LogP contribution in [0.5, 0.6) is 0 Å². The van der Waals surface area contributed by atoms with Crippen molar-refractivity contribution >= 4 is 39.5 Å². The second-order valence-electron chi connectivity index (χ2n) is 2.75. The summed E-state index contributed by atoms with van der Waals surface area (Å²) in [5.74, 6) is -0.676. The number of amides is 3. The number of hydrogen-bond donors (Lipinski definition) is 1. The quantitative estimate of drug-likeness (QED) is 0.639. The van der Waals surface area contributed by atoms with Crippen molar-refractivity contribution in [2.45, 2.75) is 10.0 Å². The zero-order chi connectivity index (χ0) is 10.4. The summed E-state index contributed by atoms with van der Waals surface area (Å²) in [7, 11) is 2.65. The van der Waals surface area contributed by atoms with Gasteiger partial charge in [0.15, 0.2) is 6.23 Å². The second-order valence-corrected chi connectivity index (χ2v) is 5.06. The number of hydrogen-bond acceptors (Lipinski definition) is 3. The molecule has 1 aliphatic heterocycles. The molecule has 0 aromatic heterocycles. The molecule has 0 saturated carbocycles. The molecule has 1 N–H and O–H groups in total. The first-order valence-corrected chi connectivity index (χ1v) is 4.58. The number of carbonyl (C=O) groups is 2. The smallest absolute Gasteiger partial charge is 0.328 e. The van der Waals surface area contributed by atoms with E-state index >= 15 is 0 Å². The second kappa shape index (κ2) is 3.11. The van der Waals surface area contributed by atoms with Gasteiger partial charge in [-0.15, -0.1) is 0 Å². The van der Waals surface area contributed by atoms with E-state index in [1.54, 1.807) is 0 Å². The average molecular weight is 271 g/mol. The molecule has 13 heavy (non-hydrogen) atoms. The van der Waals surface area contributed by atoms with E-state index in [1.807, 2.05) is 0 Å². The predicted octanol–water partition coefficient (Wildman–Crippen LogP) is 0.159. The zero-order valence-electron chi connectivity index (χ0n) is 6.99. The van der Waals surface area contributed by atoms with Crippen LogP contribution in [0.25, 0.3) is 0 Å². The maximum absolute atomic E-state index is 11.4. The summed E-state index contributed by atoms with van der Waals surface area (Å²) in [6.07, 6.45) is -1.37. The normalized spacial score (nSPS) is 35.6. The third-order valence-electron chi connectivity index (χ3n) is 1.87. The maximum atomic E-state index is 11.4. The highest BCUT2D eigenvalue weighted by molar-refractivity contribution is 9.10. The van der Waals surface area contributed by atoms with E-state index in [9.17, 15) is 14.7 Å². The molecule has 7 heteroatoms. The Bertz CT molecular complexity index is 271. The predicted molar refractivity (Wildman–Crippen MR) is 49.4 cm³/mol. The number of urea groups is 1. The molecule has 3 amide bonds. The van der Waals surface area contributed by atoms with Crippen molar-refractivity contribution in [3.8, 4) is 0 Å². The number of rotatable bonds is 0. The van der Waals surface area contributed by atoms with Gasteiger partial charge in [0, 0.05) is 14.1 Å². The fourth-order valence-corrected chi connectivity index (χ4v) is 1.85. The number of halogens is 2. The van der Waals surface area contributed by atoms with Crippen LogP contribution in [-0.4, -0.2) is 51.0 Å². The number of nitrogens with zero attached hydrogens (tertiary/aromatic N) is 2. The molecule has 0 aliphatic carbocycles. The Morgan fingerprint density at radius 3 is 2.46 bits per heavy atom. The van der Waals surface area contributed by atoms with Gasteiger partial charge in [0.05, 0.1) is 0 Å². The minimum atomic E-state index is -1.65. The molecular weight excluding hydrogens is 263 g/mol. The number of aliphatic hydroxyl groups excluding tert-OH is 1. The van der Waals surface area contributed by atoms with Crippen LogP contribution in [0.1, 0.15) is 0 Å². The van der Waals surface area contributed by atoms with Crippen LogP contribution < -0.4 is 0 Å². The van der Waals surface area contributed by atoms with E-state index in [2.05, 4.69) is 15.9 Å². The first-order chi connectivity index (χ1) is 5.80. The van der Waals surface area contributed by atoms with Crippen molar-refractivity contribution in [2.75, 3.05) is 14.1 Å². The van der Waals surface area contributed by atoms with Gasteiger partial charge in [-0.3, -0.25) is 14.6 Å². The molecule has 74 valence electrons. The molecule has 1 aliphatic rings. The molecule has 1 fully saturated rings. The molecule has 1 heterocycles. The Morgan fingerprint density at radius 1 is 1.54 bits per heavy atom. The molecule has 5 nitrogen and oxygen atoms in total. The molecule has 0 aromatic carbocycles. The molecule has 0 aromatic rings. The van der Waals surface area contributed by atoms with Crippen LogP contribution >= 0.6 is 27.5 Å². The van der Waals surface area contributed by atoms with Gasteiger partial charge in [0.1, 0.15) is 0 Å². The number of alkyl halides is 2. The van der Waals surface area contributed by atoms with Crippen LogP contribution in [0.3, 0.4) is 0 Å². The highest BCUT2D eigenvalue weighted by atomic mass is 79.9. The highest BCUT2D eigenvalue weighted by Crippen LogP contribution is 2.35. The molecule has 0 radical (unpaired) electrons. The monoisotopic (exact) mass is 270 g/mol. The molecule has 1 saturated heterocycles. The van der Waals surface area contributed by atoms with E-state index in [1.165, 1.54) is 14.1 Å². The summed E-state index contributed by atoms with van der Waals surface area (Å²) < 4.78 is -1.65. The molecular formula is C6H8BrClN2O3. The SMILES string of the molecule is CN1C(=O)N(C)[C@H](O)[C@](Cl)(Br)C1=O. The first-order valence-electron chi connectivity index (χ1n) is 3.41. The van der Waals surface area contributed by atoms with Crippen molar-refractivity contribution in [2.24, 2.45) is 0 Å². The highest BCUT2D eigenvalue weighted by Gasteiger charge is 2.52. The third kappa shape index (κ3) is 1.43. The minimum absolute atomic E-state index is 0.590. The fraction of sp³-hybridized carbons (Fsp3) is 0.667. The molecule has 0 bridgehead atoms. The summed E-state index contributed by atoms with van der Waals surface area (Å²) in [6.45, 7) is 0. The zero-order valence-corrected chi connectivity index (χ0v) is 9.33. The molecule has 0 unspecified atom stereocenters. The van der Waals surface area contributed by atoms with E-state index in [-0.39, 0.29) is 0 Å². The minimum Gasteiger partial charge on any atom is -0.370 e. The van der Waals surface area contributed by atoms with E-state index in [4.69, 9.17) is 11.6 Å². The van der Waals surface area contributed by atoms with Crippen molar-refractivity contribution in [1.29, 1.82) is 0 Å². The number of carbonyl (C=O) groups excluding carboxylic acids is 2. The van der Waals surface area contributed by atoms with Gasteiger partial charge >= 0.3 is 6.03 Å². The maximum Gasteiger partial charge on any atom is 0.328 e. The van der Waals surface area contributed by atoms with Crippen LogP contribution in [-0.2, 0) is 4.79 Å². The Morgan fingerprint density at radius 2 is 2.00 bits per heavy atom. The standard InChI is InChI=1S/C6H8BrClN2O3/c1-9-3(11)6(7,8)4(12)10(2)5(9)13/h3,11H,1-2H3/t3-,6-/m1/s1. The third-order valence-corrected chi connectivity index (χ3v) is 2.98. The summed E-state index contributed by atoms with van der Waals surface area (Å²) in [4.78, 5) is 24.4. The summed E-state index contributed by atoms with van der Waals surface area (Å²) in [5, 5.41) is 9.44. The number of imide groups is 1. The number of aliphatic hydroxyl groups is 1. The lowest BCUT2D eigenvalue weighted by atomic mass is 10.2. The summed E-state index contributed by atoms with van der Waals surface area (Å²) in [6, 6.07) is -0.590. The fourth-order valence-electron chi connectivity index (χ4n) is 1.01. The van der Waals surface area contributed by atoms with Gasteiger partial charge in [0.25, 0.3) is 5.91 Å². The van der Waals surface area contributed by atoms with E-state index in [0.29, 0.717) is 0 Å². The van der Waals surface area contributed by atoms with Crippen LogP contribution in [0.2, 0.25) is 0 Å². The lowest BCUT2D eigenvalue weighted by Crippen LogP contribution is -2.64. The first kappa shape index (κ1) is 10.7. The lowest BCUT2D eigenvalue weighted by Gasteiger charge is -2.40. The van der Waals surface area contributed by atoms with Crippen LogP contribution in [0.4, 0.5) is 4.79 Å². The van der Waals surface area contributed by atoms with Crippen molar-refractivity contribution in [1.82, 2.24) is 9.80 Å². The Balaban J connectivity index is 3.07. The van der Waals surface area contributed by atoms with Gasteiger partial charge in [-0.1, -0.05) is 27.5 Å². The average Bonchev–Trinajstić information content (AvgIpc) is 2.09. The van der Waals surface area contributed by atoms with Crippen molar-refractivity contribution < 1.29 is 14.7 Å². The Labute approximate surface area is 88.4 Å². The lowest BCUT2D eigenvalue weighted by molar-refractivity contribution is -0.137. The Kier molecular flexibility index (Phi) is 2.57. The van der Waals surface area contributed by atoms with E-state index < -0.39 is 21.9 Å². The van der Waals surface area contributed by atoms with E-state index in [0.717, 1.165) is 9.80 Å². The van der Waals surface area contributed by atoms with Gasteiger partial charge in [-0.25, -0.2) is 4.79 Å².